The van der Waals surface area contributed by atoms with Gasteiger partial charge in [-0.1, -0.05) is 12.1 Å². The van der Waals surface area contributed by atoms with Crippen LogP contribution in [0, 0.1) is 5.92 Å². The van der Waals surface area contributed by atoms with Crippen LogP contribution in [0.3, 0.4) is 0 Å². The lowest BCUT2D eigenvalue weighted by Gasteiger charge is -2.17. The Kier molecular flexibility index (Phi) is 2.55. The Labute approximate surface area is 104 Å². The van der Waals surface area contributed by atoms with Crippen molar-refractivity contribution in [2.45, 2.75) is 6.42 Å². The normalized spacial score (nSPS) is 20.4. The smallest absolute Gasteiger partial charge is 0.227 e. The highest BCUT2D eigenvalue weighted by atomic mass is 32.1. The van der Waals surface area contributed by atoms with Gasteiger partial charge in [0.1, 0.15) is 0 Å². The van der Waals surface area contributed by atoms with Gasteiger partial charge in [-0.05, 0) is 17.7 Å². The number of aromatic nitrogens is 2. The van der Waals surface area contributed by atoms with Crippen LogP contribution in [-0.4, -0.2) is 28.4 Å². The minimum absolute atomic E-state index is 0.172. The third-order valence-electron chi connectivity index (χ3n) is 3.21. The standard InChI is InChI=1S/C12H13N3OS/c16-11-4-8(7-17)6-15(11)10-3-1-2-9-5-13-14-12(9)10/h1-3,5,8,17H,4,6-7H2,(H,13,14). The van der Waals surface area contributed by atoms with Crippen molar-refractivity contribution in [1.82, 2.24) is 10.2 Å². The number of benzene rings is 1. The first-order valence-electron chi connectivity index (χ1n) is 5.63. The summed E-state index contributed by atoms with van der Waals surface area (Å²) in [4.78, 5) is 13.8. The number of hydrogen-bond acceptors (Lipinski definition) is 3. The van der Waals surface area contributed by atoms with Crippen molar-refractivity contribution in [1.29, 1.82) is 0 Å². The second kappa shape index (κ2) is 4.07. The molecule has 0 radical (unpaired) electrons. The number of nitrogens with zero attached hydrogens (tertiary/aromatic N) is 2. The Morgan fingerprint density at radius 2 is 2.41 bits per heavy atom. The summed E-state index contributed by atoms with van der Waals surface area (Å²) in [6.07, 6.45) is 2.36. The minimum Gasteiger partial charge on any atom is -0.310 e. The summed E-state index contributed by atoms with van der Waals surface area (Å²) in [5.74, 6) is 1.27. The Morgan fingerprint density at radius 3 is 3.18 bits per heavy atom. The summed E-state index contributed by atoms with van der Waals surface area (Å²) in [5.41, 5.74) is 1.86. The average Bonchev–Trinajstić information content (AvgIpc) is 2.94. The number of carbonyl (C=O) groups is 1. The molecular formula is C12H13N3OS. The van der Waals surface area contributed by atoms with Gasteiger partial charge in [0, 0.05) is 18.4 Å². The molecular weight excluding hydrogens is 234 g/mol. The zero-order valence-electron chi connectivity index (χ0n) is 9.26. The zero-order valence-corrected chi connectivity index (χ0v) is 10.2. The molecule has 1 aliphatic rings. The fourth-order valence-electron chi connectivity index (χ4n) is 2.31. The van der Waals surface area contributed by atoms with E-state index in [1.54, 1.807) is 6.20 Å². The molecule has 0 bridgehead atoms. The molecule has 1 aromatic heterocycles. The minimum atomic E-state index is 0.172. The molecule has 2 heterocycles. The molecule has 1 atom stereocenters. The number of para-hydroxylation sites is 1. The van der Waals surface area contributed by atoms with E-state index in [2.05, 4.69) is 22.8 Å². The van der Waals surface area contributed by atoms with Gasteiger partial charge in [0.05, 0.1) is 17.4 Å². The van der Waals surface area contributed by atoms with Gasteiger partial charge < -0.3 is 4.90 Å². The van der Waals surface area contributed by atoms with E-state index < -0.39 is 0 Å². The van der Waals surface area contributed by atoms with Crippen molar-refractivity contribution in [3.63, 3.8) is 0 Å². The van der Waals surface area contributed by atoms with Crippen LogP contribution in [0.5, 0.6) is 0 Å². The molecule has 88 valence electrons. The molecule has 1 aromatic carbocycles. The van der Waals surface area contributed by atoms with E-state index in [0.717, 1.165) is 28.9 Å². The summed E-state index contributed by atoms with van der Waals surface area (Å²) in [5, 5.41) is 8.01. The topological polar surface area (TPSA) is 49.0 Å². The van der Waals surface area contributed by atoms with Crippen molar-refractivity contribution in [2.24, 2.45) is 5.92 Å². The van der Waals surface area contributed by atoms with E-state index in [1.807, 2.05) is 23.1 Å². The maximum atomic E-state index is 12.0. The van der Waals surface area contributed by atoms with Crippen LogP contribution >= 0.6 is 12.6 Å². The first kappa shape index (κ1) is 10.7. The average molecular weight is 247 g/mol. The van der Waals surface area contributed by atoms with Crippen molar-refractivity contribution >= 4 is 35.1 Å². The Balaban J connectivity index is 2.04. The molecule has 1 aliphatic heterocycles. The Bertz CT molecular complexity index is 566. The molecule has 0 aliphatic carbocycles. The number of fused-ring (bicyclic) bond motifs is 1. The highest BCUT2D eigenvalue weighted by Crippen LogP contribution is 2.30. The van der Waals surface area contributed by atoms with Crippen LogP contribution in [0.1, 0.15) is 6.42 Å². The molecule has 1 fully saturated rings. The zero-order chi connectivity index (χ0) is 11.8. The number of H-pyrrole nitrogens is 1. The van der Waals surface area contributed by atoms with Gasteiger partial charge in [-0.2, -0.15) is 17.7 Å². The number of rotatable bonds is 2. The van der Waals surface area contributed by atoms with Crippen LogP contribution in [-0.2, 0) is 4.79 Å². The summed E-state index contributed by atoms with van der Waals surface area (Å²) >= 11 is 4.27. The maximum Gasteiger partial charge on any atom is 0.227 e. The lowest BCUT2D eigenvalue weighted by molar-refractivity contribution is -0.117. The van der Waals surface area contributed by atoms with Gasteiger partial charge in [-0.15, -0.1) is 0 Å². The molecule has 3 rings (SSSR count). The van der Waals surface area contributed by atoms with Gasteiger partial charge in [0.2, 0.25) is 5.91 Å². The summed E-state index contributed by atoms with van der Waals surface area (Å²) in [7, 11) is 0. The van der Waals surface area contributed by atoms with Crippen LogP contribution in [0.2, 0.25) is 0 Å². The molecule has 2 aromatic rings. The molecule has 1 unspecified atom stereocenters. The lowest BCUT2D eigenvalue weighted by atomic mass is 10.1. The summed E-state index contributed by atoms with van der Waals surface area (Å²) in [6.45, 7) is 0.750. The predicted octanol–water partition coefficient (Wildman–Crippen LogP) is 1.85. The van der Waals surface area contributed by atoms with E-state index >= 15 is 0 Å². The molecule has 0 spiro atoms. The number of nitrogens with one attached hydrogen (secondary N) is 1. The van der Waals surface area contributed by atoms with Gasteiger partial charge in [0.15, 0.2) is 0 Å². The maximum absolute atomic E-state index is 12.0. The van der Waals surface area contributed by atoms with Crippen LogP contribution in [0.4, 0.5) is 5.69 Å². The second-order valence-electron chi connectivity index (χ2n) is 4.37. The predicted molar refractivity (Wildman–Crippen MR) is 70.4 cm³/mol. The molecule has 1 saturated heterocycles. The van der Waals surface area contributed by atoms with Crippen molar-refractivity contribution in [3.8, 4) is 0 Å². The largest absolute Gasteiger partial charge is 0.310 e. The van der Waals surface area contributed by atoms with Crippen molar-refractivity contribution < 1.29 is 4.79 Å². The number of amides is 1. The number of carbonyl (C=O) groups excluding carboxylic acids is 1. The third-order valence-corrected chi connectivity index (χ3v) is 3.73. The second-order valence-corrected chi connectivity index (χ2v) is 4.73. The molecule has 0 saturated carbocycles. The van der Waals surface area contributed by atoms with E-state index in [4.69, 9.17) is 0 Å². The van der Waals surface area contributed by atoms with E-state index in [-0.39, 0.29) is 5.91 Å². The van der Waals surface area contributed by atoms with E-state index in [1.165, 1.54) is 0 Å². The summed E-state index contributed by atoms with van der Waals surface area (Å²) < 4.78 is 0. The van der Waals surface area contributed by atoms with Crippen LogP contribution in [0.15, 0.2) is 24.4 Å². The van der Waals surface area contributed by atoms with Crippen LogP contribution in [0.25, 0.3) is 10.9 Å². The van der Waals surface area contributed by atoms with Crippen molar-refractivity contribution in [2.75, 3.05) is 17.2 Å². The molecule has 17 heavy (non-hydrogen) atoms. The van der Waals surface area contributed by atoms with E-state index in [9.17, 15) is 4.79 Å². The van der Waals surface area contributed by atoms with Crippen LogP contribution < -0.4 is 4.90 Å². The SMILES string of the molecule is O=C1CC(CS)CN1c1cccc2cn[nH]c12. The number of anilines is 1. The fraction of sp³-hybridized carbons (Fsp3) is 0.333. The van der Waals surface area contributed by atoms with E-state index in [0.29, 0.717) is 12.3 Å². The molecule has 1 amide bonds. The van der Waals surface area contributed by atoms with Gasteiger partial charge in [0.25, 0.3) is 0 Å². The Morgan fingerprint density at radius 1 is 1.53 bits per heavy atom. The third kappa shape index (κ3) is 1.70. The monoisotopic (exact) mass is 247 g/mol. The summed E-state index contributed by atoms with van der Waals surface area (Å²) in [6, 6.07) is 5.90. The number of thiol groups is 1. The number of hydrogen-bond donors (Lipinski definition) is 2. The van der Waals surface area contributed by atoms with Crippen molar-refractivity contribution in [3.05, 3.63) is 24.4 Å². The molecule has 1 N–H and O–H groups in total. The quantitative estimate of drug-likeness (QED) is 0.796. The Hall–Kier alpha value is -1.49. The first-order chi connectivity index (χ1) is 8.29. The fourth-order valence-corrected chi connectivity index (χ4v) is 2.56. The van der Waals surface area contributed by atoms with Gasteiger partial charge in [-0.3, -0.25) is 9.89 Å². The van der Waals surface area contributed by atoms with Gasteiger partial charge in [-0.25, -0.2) is 0 Å². The lowest BCUT2D eigenvalue weighted by Crippen LogP contribution is -2.24. The van der Waals surface area contributed by atoms with Gasteiger partial charge >= 0.3 is 0 Å². The highest BCUT2D eigenvalue weighted by molar-refractivity contribution is 7.80. The molecule has 4 nitrogen and oxygen atoms in total. The number of aromatic amines is 1. The molecule has 5 heteroatoms. The first-order valence-corrected chi connectivity index (χ1v) is 6.26. The highest BCUT2D eigenvalue weighted by Gasteiger charge is 2.30.